The summed E-state index contributed by atoms with van der Waals surface area (Å²) in [6, 6.07) is 18.3. The Kier molecular flexibility index (Phi) is 5.87. The molecule has 0 atom stereocenters. The Morgan fingerprint density at radius 1 is 1.07 bits per heavy atom. The maximum atomic E-state index is 12.5. The van der Waals surface area contributed by atoms with Gasteiger partial charge in [-0.2, -0.15) is 0 Å². The van der Waals surface area contributed by atoms with E-state index in [4.69, 9.17) is 39.8 Å². The molecule has 1 amide bonds. The molecule has 146 valence electrons. The number of amides is 1. The second-order valence-corrected chi connectivity index (χ2v) is 8.55. The van der Waals surface area contributed by atoms with E-state index in [9.17, 15) is 4.79 Å². The number of carbonyl (C=O) groups excluding carboxylic acids is 1. The molecule has 0 saturated carbocycles. The molecule has 0 bridgehead atoms. The van der Waals surface area contributed by atoms with Gasteiger partial charge in [-0.15, -0.1) is 11.3 Å². The highest BCUT2D eigenvalue weighted by atomic mass is 35.5. The van der Waals surface area contributed by atoms with Crippen LogP contribution in [0.2, 0.25) is 10.0 Å². The maximum Gasteiger partial charge on any atom is 0.243 e. The Balaban J connectivity index is 1.61. The fourth-order valence-electron chi connectivity index (χ4n) is 2.84. The van der Waals surface area contributed by atoms with Gasteiger partial charge in [0, 0.05) is 16.0 Å². The number of benzene rings is 2. The minimum absolute atomic E-state index is 0.170. The molecule has 4 aromatic rings. The number of halogens is 2. The van der Waals surface area contributed by atoms with Crippen molar-refractivity contribution < 1.29 is 9.21 Å². The van der Waals surface area contributed by atoms with Crippen LogP contribution in [0.1, 0.15) is 5.56 Å². The lowest BCUT2D eigenvalue weighted by atomic mass is 10.1. The second-order valence-electron chi connectivity index (χ2n) is 6.21. The van der Waals surface area contributed by atoms with Crippen LogP contribution < -0.4 is 5.43 Å². The molecule has 8 heteroatoms. The van der Waals surface area contributed by atoms with E-state index in [0.717, 1.165) is 5.56 Å². The average molecular weight is 461 g/mol. The molecule has 1 N–H and O–H groups in total. The highest BCUT2D eigenvalue weighted by Gasteiger charge is 2.16. The maximum absolute atomic E-state index is 12.5. The third-order valence-electron chi connectivity index (χ3n) is 4.19. The van der Waals surface area contributed by atoms with Crippen LogP contribution in [0, 0.1) is 3.95 Å². The number of hydrogen-bond donors (Lipinski definition) is 1. The van der Waals surface area contributed by atoms with Crippen molar-refractivity contribution in [3.05, 3.63) is 85.6 Å². The van der Waals surface area contributed by atoms with Gasteiger partial charge in [0.25, 0.3) is 0 Å². The van der Waals surface area contributed by atoms with Crippen molar-refractivity contribution in [1.82, 2.24) is 4.68 Å². The summed E-state index contributed by atoms with van der Waals surface area (Å²) >= 11 is 19.1. The molecule has 0 aliphatic carbocycles. The van der Waals surface area contributed by atoms with Gasteiger partial charge in [-0.1, -0.05) is 53.5 Å². The Morgan fingerprint density at radius 2 is 1.83 bits per heavy atom. The molecular formula is C21H14Cl2N2O2S2. The van der Waals surface area contributed by atoms with Crippen LogP contribution in [0.15, 0.2) is 70.5 Å². The van der Waals surface area contributed by atoms with Gasteiger partial charge in [-0.3, -0.25) is 10.2 Å². The number of aromatic nitrogens is 1. The average Bonchev–Trinajstić information content (AvgIpc) is 3.32. The number of carbonyl (C=O) groups is 1. The predicted molar refractivity (Wildman–Crippen MR) is 121 cm³/mol. The predicted octanol–water partition coefficient (Wildman–Crippen LogP) is 6.83. The summed E-state index contributed by atoms with van der Waals surface area (Å²) in [5.74, 6) is 0.965. The lowest BCUT2D eigenvalue weighted by molar-refractivity contribution is -0.116. The summed E-state index contributed by atoms with van der Waals surface area (Å²) in [4.78, 5) is 12.5. The number of hydrogen-bond acceptors (Lipinski definition) is 4. The first kappa shape index (κ1) is 19.9. The lowest BCUT2D eigenvalue weighted by Crippen LogP contribution is -2.24. The fraction of sp³-hybridized carbons (Fsp3) is 0.0476. The molecule has 2 aromatic carbocycles. The van der Waals surface area contributed by atoms with E-state index in [1.165, 1.54) is 11.3 Å². The Labute approximate surface area is 186 Å². The van der Waals surface area contributed by atoms with Gasteiger partial charge in [-0.25, -0.2) is 4.68 Å². The van der Waals surface area contributed by atoms with E-state index in [1.54, 1.807) is 22.9 Å². The fourth-order valence-corrected chi connectivity index (χ4v) is 4.19. The molecule has 0 unspecified atom stereocenters. The number of thiazole rings is 1. The SMILES string of the molecule is O=C(Cc1ccccc1)Nn1c(-c2ccc(-c3cc(Cl)ccc3Cl)o2)csc1=S. The molecule has 0 radical (unpaired) electrons. The standard InChI is InChI=1S/C21H14Cl2N2O2S2/c22-14-6-7-16(23)15(11-14)18-8-9-19(27-18)17-12-29-21(28)25(17)24-20(26)10-13-4-2-1-3-5-13/h1-9,11-12H,10H2,(H,24,26). The van der Waals surface area contributed by atoms with Crippen molar-refractivity contribution in [2.45, 2.75) is 6.42 Å². The summed E-state index contributed by atoms with van der Waals surface area (Å²) in [6.45, 7) is 0. The molecular weight excluding hydrogens is 447 g/mol. The van der Waals surface area contributed by atoms with Crippen molar-refractivity contribution in [2.24, 2.45) is 0 Å². The third-order valence-corrected chi connectivity index (χ3v) is 5.95. The Hall–Kier alpha value is -2.38. The number of nitrogens with zero attached hydrogens (tertiary/aromatic N) is 1. The zero-order valence-corrected chi connectivity index (χ0v) is 18.0. The highest BCUT2D eigenvalue weighted by Crippen LogP contribution is 2.35. The topological polar surface area (TPSA) is 47.2 Å². The van der Waals surface area contributed by atoms with Gasteiger partial charge in [-0.05, 0) is 48.1 Å². The molecule has 0 aliphatic rings. The van der Waals surface area contributed by atoms with Crippen molar-refractivity contribution >= 4 is 52.7 Å². The van der Waals surface area contributed by atoms with Crippen LogP contribution in [-0.2, 0) is 11.2 Å². The van der Waals surface area contributed by atoms with Gasteiger partial charge in [0.05, 0.1) is 11.4 Å². The van der Waals surface area contributed by atoms with Crippen LogP contribution in [0.5, 0.6) is 0 Å². The van der Waals surface area contributed by atoms with E-state index in [0.29, 0.717) is 36.8 Å². The zero-order valence-electron chi connectivity index (χ0n) is 14.9. The van der Waals surface area contributed by atoms with Gasteiger partial charge in [0.1, 0.15) is 11.5 Å². The molecule has 0 aliphatic heterocycles. The molecule has 0 saturated heterocycles. The van der Waals surface area contributed by atoms with Gasteiger partial charge in [0.15, 0.2) is 9.71 Å². The van der Waals surface area contributed by atoms with E-state index in [2.05, 4.69) is 5.43 Å². The minimum Gasteiger partial charge on any atom is -0.454 e. The Morgan fingerprint density at radius 3 is 2.62 bits per heavy atom. The molecule has 0 fully saturated rings. The Bertz CT molecular complexity index is 1230. The zero-order chi connectivity index (χ0) is 20.4. The van der Waals surface area contributed by atoms with Crippen molar-refractivity contribution in [1.29, 1.82) is 0 Å². The second kappa shape index (κ2) is 8.55. The molecule has 2 heterocycles. The summed E-state index contributed by atoms with van der Waals surface area (Å²) < 4.78 is 8.07. The monoisotopic (exact) mass is 460 g/mol. The number of nitrogens with one attached hydrogen (secondary N) is 1. The first-order chi connectivity index (χ1) is 14.0. The van der Waals surface area contributed by atoms with E-state index in [-0.39, 0.29) is 12.3 Å². The number of rotatable bonds is 5. The van der Waals surface area contributed by atoms with Gasteiger partial charge in [0.2, 0.25) is 5.91 Å². The largest absolute Gasteiger partial charge is 0.454 e. The minimum atomic E-state index is -0.170. The van der Waals surface area contributed by atoms with Crippen molar-refractivity contribution in [2.75, 3.05) is 5.43 Å². The summed E-state index contributed by atoms with van der Waals surface area (Å²) in [5.41, 5.74) is 5.12. The summed E-state index contributed by atoms with van der Waals surface area (Å²) in [6.07, 6.45) is 0.249. The third kappa shape index (κ3) is 4.46. The first-order valence-electron chi connectivity index (χ1n) is 8.61. The van der Waals surface area contributed by atoms with Gasteiger partial charge < -0.3 is 4.42 Å². The molecule has 29 heavy (non-hydrogen) atoms. The van der Waals surface area contributed by atoms with Crippen molar-refractivity contribution in [3.63, 3.8) is 0 Å². The smallest absolute Gasteiger partial charge is 0.243 e. The normalized spacial score (nSPS) is 10.8. The lowest BCUT2D eigenvalue weighted by Gasteiger charge is -2.09. The number of furan rings is 1. The molecule has 2 aromatic heterocycles. The van der Waals surface area contributed by atoms with E-state index >= 15 is 0 Å². The van der Waals surface area contributed by atoms with E-state index in [1.807, 2.05) is 47.8 Å². The molecule has 0 spiro atoms. The van der Waals surface area contributed by atoms with Gasteiger partial charge >= 0.3 is 0 Å². The van der Waals surface area contributed by atoms with Crippen LogP contribution in [-0.4, -0.2) is 10.6 Å². The van der Waals surface area contributed by atoms with Crippen molar-refractivity contribution in [3.8, 4) is 22.8 Å². The molecule has 4 nitrogen and oxygen atoms in total. The van der Waals surface area contributed by atoms with Crippen LogP contribution in [0.4, 0.5) is 0 Å². The van der Waals surface area contributed by atoms with Crippen LogP contribution in [0.3, 0.4) is 0 Å². The highest BCUT2D eigenvalue weighted by molar-refractivity contribution is 7.73. The van der Waals surface area contributed by atoms with Crippen LogP contribution in [0.25, 0.3) is 22.8 Å². The first-order valence-corrected chi connectivity index (χ1v) is 10.7. The summed E-state index contributed by atoms with van der Waals surface area (Å²) in [7, 11) is 0. The van der Waals surface area contributed by atoms with E-state index < -0.39 is 0 Å². The quantitative estimate of drug-likeness (QED) is 0.332. The van der Waals surface area contributed by atoms with Crippen LogP contribution >= 0.6 is 46.8 Å². The summed E-state index contributed by atoms with van der Waals surface area (Å²) in [5, 5.41) is 2.94. The molecule has 4 rings (SSSR count).